The van der Waals surface area contributed by atoms with Crippen LogP contribution in [0.15, 0.2) is 0 Å². The number of primary amides is 1. The number of likely N-dealkylation sites (tertiary alicyclic amines) is 1. The Morgan fingerprint density at radius 3 is 2.65 bits per heavy atom. The molecule has 4 N–H and O–H groups in total. The Bertz CT molecular complexity index is 263. The van der Waals surface area contributed by atoms with Crippen molar-refractivity contribution in [2.24, 2.45) is 23.3 Å². The Kier molecular flexibility index (Phi) is 4.95. The SMILES string of the molecule is CC(C)C1CCN(CCCC(C)(N)C(N)=O)C1. The maximum Gasteiger partial charge on any atom is 0.237 e. The highest BCUT2D eigenvalue weighted by molar-refractivity contribution is 5.83. The van der Waals surface area contributed by atoms with Crippen LogP contribution >= 0.6 is 0 Å². The van der Waals surface area contributed by atoms with Crippen molar-refractivity contribution in [3.05, 3.63) is 0 Å². The Balaban J connectivity index is 2.23. The first kappa shape index (κ1) is 14.5. The van der Waals surface area contributed by atoms with Crippen LogP contribution in [0.2, 0.25) is 0 Å². The summed E-state index contributed by atoms with van der Waals surface area (Å²) in [4.78, 5) is 13.5. The average molecular weight is 241 g/mol. The van der Waals surface area contributed by atoms with Crippen LogP contribution in [0, 0.1) is 11.8 Å². The maximum atomic E-state index is 11.1. The summed E-state index contributed by atoms with van der Waals surface area (Å²) in [5.41, 5.74) is 10.2. The number of nitrogens with zero attached hydrogens (tertiary/aromatic N) is 1. The van der Waals surface area contributed by atoms with Crippen LogP contribution in [0.3, 0.4) is 0 Å². The Morgan fingerprint density at radius 1 is 1.53 bits per heavy atom. The molecule has 0 aliphatic carbocycles. The Labute approximate surface area is 105 Å². The van der Waals surface area contributed by atoms with Crippen molar-refractivity contribution >= 4 is 5.91 Å². The quantitative estimate of drug-likeness (QED) is 0.727. The van der Waals surface area contributed by atoms with Gasteiger partial charge in [0, 0.05) is 6.54 Å². The standard InChI is InChI=1S/C13H27N3O/c1-10(2)11-5-8-16(9-11)7-4-6-13(3,15)12(14)17/h10-11H,4-9,15H2,1-3H3,(H2,14,17). The molecule has 0 bridgehead atoms. The summed E-state index contributed by atoms with van der Waals surface area (Å²) in [6.07, 6.45) is 2.92. The third-order valence-electron chi connectivity index (χ3n) is 3.98. The minimum atomic E-state index is -0.850. The molecule has 1 amide bonds. The van der Waals surface area contributed by atoms with Gasteiger partial charge in [-0.3, -0.25) is 4.79 Å². The highest BCUT2D eigenvalue weighted by Crippen LogP contribution is 2.24. The number of carbonyl (C=O) groups is 1. The van der Waals surface area contributed by atoms with Crippen LogP contribution in [0.5, 0.6) is 0 Å². The molecule has 1 heterocycles. The molecule has 1 saturated heterocycles. The lowest BCUT2D eigenvalue weighted by Gasteiger charge is -2.22. The van der Waals surface area contributed by atoms with Crippen LogP contribution in [0.1, 0.15) is 40.0 Å². The largest absolute Gasteiger partial charge is 0.368 e. The van der Waals surface area contributed by atoms with E-state index in [1.54, 1.807) is 6.92 Å². The lowest BCUT2D eigenvalue weighted by Crippen LogP contribution is -2.49. The van der Waals surface area contributed by atoms with Crippen molar-refractivity contribution in [3.8, 4) is 0 Å². The number of amides is 1. The van der Waals surface area contributed by atoms with Gasteiger partial charge in [0.1, 0.15) is 0 Å². The van der Waals surface area contributed by atoms with E-state index in [9.17, 15) is 4.79 Å². The predicted octanol–water partition coefficient (Wildman–Crippen LogP) is 0.947. The smallest absolute Gasteiger partial charge is 0.237 e. The zero-order valence-corrected chi connectivity index (χ0v) is 11.4. The van der Waals surface area contributed by atoms with Crippen molar-refractivity contribution in [2.75, 3.05) is 19.6 Å². The fraction of sp³-hybridized carbons (Fsp3) is 0.923. The Hall–Kier alpha value is -0.610. The maximum absolute atomic E-state index is 11.1. The van der Waals surface area contributed by atoms with Crippen LogP contribution in [0.25, 0.3) is 0 Å². The van der Waals surface area contributed by atoms with Gasteiger partial charge in [0.05, 0.1) is 5.54 Å². The molecule has 0 radical (unpaired) electrons. The average Bonchev–Trinajstić information content (AvgIpc) is 2.66. The lowest BCUT2D eigenvalue weighted by atomic mass is 9.95. The van der Waals surface area contributed by atoms with Crippen molar-refractivity contribution in [1.29, 1.82) is 0 Å². The van der Waals surface area contributed by atoms with Gasteiger partial charge in [0.2, 0.25) is 5.91 Å². The molecule has 1 fully saturated rings. The van der Waals surface area contributed by atoms with Gasteiger partial charge in [-0.25, -0.2) is 0 Å². The highest BCUT2D eigenvalue weighted by atomic mass is 16.1. The molecule has 17 heavy (non-hydrogen) atoms. The molecule has 1 aliphatic rings. The van der Waals surface area contributed by atoms with Crippen molar-refractivity contribution in [1.82, 2.24) is 4.90 Å². The summed E-state index contributed by atoms with van der Waals surface area (Å²) < 4.78 is 0. The first-order valence-electron chi connectivity index (χ1n) is 6.64. The zero-order chi connectivity index (χ0) is 13.1. The predicted molar refractivity (Wildman–Crippen MR) is 70.4 cm³/mol. The van der Waals surface area contributed by atoms with Gasteiger partial charge < -0.3 is 16.4 Å². The van der Waals surface area contributed by atoms with E-state index < -0.39 is 11.4 Å². The lowest BCUT2D eigenvalue weighted by molar-refractivity contribution is -0.122. The summed E-state index contributed by atoms with van der Waals surface area (Å²) in [5, 5.41) is 0. The van der Waals surface area contributed by atoms with E-state index in [1.807, 2.05) is 0 Å². The minimum absolute atomic E-state index is 0.404. The number of nitrogens with two attached hydrogens (primary N) is 2. The second-order valence-corrected chi connectivity index (χ2v) is 5.98. The molecule has 1 aliphatic heterocycles. The second-order valence-electron chi connectivity index (χ2n) is 5.98. The summed E-state index contributed by atoms with van der Waals surface area (Å²) in [6.45, 7) is 9.70. The summed E-state index contributed by atoms with van der Waals surface area (Å²) in [7, 11) is 0. The van der Waals surface area contributed by atoms with Gasteiger partial charge in [0.25, 0.3) is 0 Å². The topological polar surface area (TPSA) is 72.3 Å². The second kappa shape index (κ2) is 5.83. The fourth-order valence-electron chi connectivity index (χ4n) is 2.40. The van der Waals surface area contributed by atoms with Crippen molar-refractivity contribution < 1.29 is 4.79 Å². The molecule has 0 spiro atoms. The molecule has 4 nitrogen and oxygen atoms in total. The molecule has 4 heteroatoms. The van der Waals surface area contributed by atoms with Crippen LogP contribution < -0.4 is 11.5 Å². The van der Waals surface area contributed by atoms with Gasteiger partial charge in [0.15, 0.2) is 0 Å². The number of rotatable bonds is 6. The van der Waals surface area contributed by atoms with Gasteiger partial charge in [-0.1, -0.05) is 13.8 Å². The van der Waals surface area contributed by atoms with Gasteiger partial charge in [-0.2, -0.15) is 0 Å². The molecule has 1 rings (SSSR count). The van der Waals surface area contributed by atoms with E-state index in [-0.39, 0.29) is 0 Å². The van der Waals surface area contributed by atoms with Crippen LogP contribution in [-0.2, 0) is 4.79 Å². The molecule has 2 atom stereocenters. The highest BCUT2D eigenvalue weighted by Gasteiger charge is 2.27. The molecule has 100 valence electrons. The van der Waals surface area contributed by atoms with Gasteiger partial charge in [-0.05, 0) is 51.1 Å². The van der Waals surface area contributed by atoms with Crippen LogP contribution in [-0.4, -0.2) is 36.0 Å². The van der Waals surface area contributed by atoms with Gasteiger partial charge in [-0.15, -0.1) is 0 Å². The van der Waals surface area contributed by atoms with Gasteiger partial charge >= 0.3 is 0 Å². The van der Waals surface area contributed by atoms with Crippen LogP contribution in [0.4, 0.5) is 0 Å². The molecule has 2 unspecified atom stereocenters. The van der Waals surface area contributed by atoms with Crippen molar-refractivity contribution in [3.63, 3.8) is 0 Å². The Morgan fingerprint density at radius 2 is 2.18 bits per heavy atom. The number of hydrogen-bond acceptors (Lipinski definition) is 3. The molecule has 0 saturated carbocycles. The minimum Gasteiger partial charge on any atom is -0.368 e. The molecule has 0 aromatic rings. The van der Waals surface area contributed by atoms with E-state index >= 15 is 0 Å². The first-order valence-corrected chi connectivity index (χ1v) is 6.64. The molecular weight excluding hydrogens is 214 g/mol. The molecule has 0 aromatic carbocycles. The molecule has 0 aromatic heterocycles. The number of hydrogen-bond donors (Lipinski definition) is 2. The van der Waals surface area contributed by atoms with Crippen molar-refractivity contribution in [2.45, 2.75) is 45.6 Å². The summed E-state index contributed by atoms with van der Waals surface area (Å²) in [5.74, 6) is 1.19. The third-order valence-corrected chi connectivity index (χ3v) is 3.98. The van der Waals surface area contributed by atoms with E-state index in [0.29, 0.717) is 6.42 Å². The zero-order valence-electron chi connectivity index (χ0n) is 11.4. The normalized spacial score (nSPS) is 25.1. The van der Waals surface area contributed by atoms with E-state index in [0.717, 1.165) is 24.8 Å². The summed E-state index contributed by atoms with van der Waals surface area (Å²) in [6, 6.07) is 0. The molecular formula is C13H27N3O. The monoisotopic (exact) mass is 241 g/mol. The summed E-state index contributed by atoms with van der Waals surface area (Å²) >= 11 is 0. The van der Waals surface area contributed by atoms with E-state index in [1.165, 1.54) is 19.5 Å². The fourth-order valence-corrected chi connectivity index (χ4v) is 2.40. The van der Waals surface area contributed by atoms with E-state index in [2.05, 4.69) is 18.7 Å². The third kappa shape index (κ3) is 4.28. The first-order chi connectivity index (χ1) is 7.83. The van der Waals surface area contributed by atoms with E-state index in [4.69, 9.17) is 11.5 Å². The number of carbonyl (C=O) groups excluding carboxylic acids is 1.